The van der Waals surface area contributed by atoms with Crippen LogP contribution in [0.4, 0.5) is 0 Å². The Hall–Kier alpha value is -0.420. The first-order valence-corrected chi connectivity index (χ1v) is 5.86. The molecule has 68 valence electrons. The minimum Gasteiger partial charge on any atom is -0.169 e. The van der Waals surface area contributed by atoms with Crippen molar-refractivity contribution in [2.75, 3.05) is 5.33 Å². The molecule has 0 bridgehead atoms. The molecular formula is C8H7Br2N3. The summed E-state index contributed by atoms with van der Waals surface area (Å²) < 4.78 is 0. The van der Waals surface area contributed by atoms with Gasteiger partial charge in [-0.25, -0.2) is 0 Å². The van der Waals surface area contributed by atoms with Gasteiger partial charge in [0.25, 0.3) is 0 Å². The molecule has 1 atom stereocenters. The quantitative estimate of drug-likeness (QED) is 0.799. The molecule has 0 aliphatic rings. The summed E-state index contributed by atoms with van der Waals surface area (Å²) in [5.41, 5.74) is 1.85. The molecule has 2 rings (SSSR count). The summed E-state index contributed by atoms with van der Waals surface area (Å²) in [5, 5.41) is 9.41. The van der Waals surface area contributed by atoms with E-state index in [2.05, 4.69) is 42.1 Å². The smallest absolute Gasteiger partial charge is 0.136 e. The standard InChI is InChI=1S/C8H7Br2N3/c9-5-8(10)13-11-6-3-1-2-4-7(6)12-13/h1-4,8H,5H2. The average Bonchev–Trinajstić information content (AvgIpc) is 2.59. The third kappa shape index (κ3) is 1.76. The van der Waals surface area contributed by atoms with Gasteiger partial charge in [-0.15, -0.1) is 0 Å². The highest BCUT2D eigenvalue weighted by Gasteiger charge is 2.08. The zero-order valence-electron chi connectivity index (χ0n) is 6.69. The summed E-state index contributed by atoms with van der Waals surface area (Å²) in [6, 6.07) is 7.82. The molecule has 0 saturated carbocycles. The number of benzene rings is 1. The number of rotatable bonds is 2. The van der Waals surface area contributed by atoms with Crippen molar-refractivity contribution in [3.63, 3.8) is 0 Å². The van der Waals surface area contributed by atoms with E-state index in [1.165, 1.54) is 0 Å². The Morgan fingerprint density at radius 3 is 2.23 bits per heavy atom. The highest BCUT2D eigenvalue weighted by molar-refractivity contribution is 9.11. The molecule has 0 spiro atoms. The number of nitrogens with zero attached hydrogens (tertiary/aromatic N) is 3. The molecule has 0 radical (unpaired) electrons. The van der Waals surface area contributed by atoms with E-state index in [9.17, 15) is 0 Å². The van der Waals surface area contributed by atoms with Crippen LogP contribution in [0.3, 0.4) is 0 Å². The second kappa shape index (κ2) is 3.75. The molecule has 0 saturated heterocycles. The molecule has 5 heteroatoms. The van der Waals surface area contributed by atoms with Crippen LogP contribution >= 0.6 is 31.9 Å². The highest BCUT2D eigenvalue weighted by Crippen LogP contribution is 2.17. The molecule has 1 aromatic heterocycles. The minimum atomic E-state index is 0.111. The van der Waals surface area contributed by atoms with Gasteiger partial charge in [-0.2, -0.15) is 15.0 Å². The Morgan fingerprint density at radius 1 is 1.23 bits per heavy atom. The van der Waals surface area contributed by atoms with E-state index < -0.39 is 0 Å². The molecule has 1 unspecified atom stereocenters. The number of alkyl halides is 2. The van der Waals surface area contributed by atoms with E-state index in [1.54, 1.807) is 4.80 Å². The van der Waals surface area contributed by atoms with Crippen LogP contribution in [0.2, 0.25) is 0 Å². The third-order valence-corrected chi connectivity index (χ3v) is 3.85. The van der Waals surface area contributed by atoms with Crippen molar-refractivity contribution in [3.05, 3.63) is 24.3 Å². The molecule has 0 aliphatic heterocycles. The summed E-state index contributed by atoms with van der Waals surface area (Å²) in [6.07, 6.45) is 0. The van der Waals surface area contributed by atoms with Crippen LogP contribution in [0, 0.1) is 0 Å². The number of fused-ring (bicyclic) bond motifs is 1. The zero-order valence-corrected chi connectivity index (χ0v) is 9.86. The first-order valence-electron chi connectivity index (χ1n) is 3.83. The molecule has 0 N–H and O–H groups in total. The molecule has 2 aromatic rings. The lowest BCUT2D eigenvalue weighted by Gasteiger charge is -2.01. The normalized spacial score (nSPS) is 13.4. The van der Waals surface area contributed by atoms with Crippen molar-refractivity contribution in [1.82, 2.24) is 15.0 Å². The SMILES string of the molecule is BrCC(Br)n1nc2ccccc2n1. The molecule has 0 amide bonds. The van der Waals surface area contributed by atoms with Crippen LogP contribution in [0.1, 0.15) is 4.95 Å². The molecule has 1 heterocycles. The van der Waals surface area contributed by atoms with Gasteiger partial charge >= 0.3 is 0 Å². The molecule has 13 heavy (non-hydrogen) atoms. The predicted molar refractivity (Wildman–Crippen MR) is 59.3 cm³/mol. The summed E-state index contributed by atoms with van der Waals surface area (Å²) >= 11 is 6.82. The fraction of sp³-hybridized carbons (Fsp3) is 0.250. The van der Waals surface area contributed by atoms with Gasteiger partial charge in [-0.1, -0.05) is 44.0 Å². The van der Waals surface area contributed by atoms with Crippen molar-refractivity contribution in [1.29, 1.82) is 0 Å². The van der Waals surface area contributed by atoms with E-state index in [0.717, 1.165) is 16.4 Å². The van der Waals surface area contributed by atoms with Crippen LogP contribution < -0.4 is 0 Å². The molecule has 3 nitrogen and oxygen atoms in total. The van der Waals surface area contributed by atoms with Crippen LogP contribution in [0.15, 0.2) is 24.3 Å². The molecular weight excluding hydrogens is 298 g/mol. The van der Waals surface area contributed by atoms with Gasteiger partial charge < -0.3 is 0 Å². The largest absolute Gasteiger partial charge is 0.169 e. The lowest BCUT2D eigenvalue weighted by atomic mass is 10.3. The lowest BCUT2D eigenvalue weighted by Crippen LogP contribution is -2.06. The van der Waals surface area contributed by atoms with Gasteiger partial charge in [0, 0.05) is 5.33 Å². The number of halogens is 2. The van der Waals surface area contributed by atoms with Crippen molar-refractivity contribution >= 4 is 42.9 Å². The maximum absolute atomic E-state index is 4.31. The first-order chi connectivity index (χ1) is 6.31. The number of hydrogen-bond donors (Lipinski definition) is 0. The lowest BCUT2D eigenvalue weighted by molar-refractivity contribution is 0.580. The van der Waals surface area contributed by atoms with E-state index in [4.69, 9.17) is 0 Å². The highest BCUT2D eigenvalue weighted by atomic mass is 79.9. The maximum Gasteiger partial charge on any atom is 0.136 e. The molecule has 1 aromatic carbocycles. The van der Waals surface area contributed by atoms with Crippen LogP contribution in [0.25, 0.3) is 11.0 Å². The third-order valence-electron chi connectivity index (χ3n) is 1.68. The Kier molecular flexibility index (Phi) is 2.64. The summed E-state index contributed by atoms with van der Waals surface area (Å²) in [4.78, 5) is 1.78. The minimum absolute atomic E-state index is 0.111. The van der Waals surface area contributed by atoms with E-state index >= 15 is 0 Å². The van der Waals surface area contributed by atoms with Crippen molar-refractivity contribution in [2.24, 2.45) is 0 Å². The zero-order chi connectivity index (χ0) is 9.26. The van der Waals surface area contributed by atoms with E-state index in [0.29, 0.717) is 0 Å². The van der Waals surface area contributed by atoms with Gasteiger partial charge in [0.05, 0.1) is 0 Å². The molecule has 0 aliphatic carbocycles. The Balaban J connectivity index is 2.49. The van der Waals surface area contributed by atoms with Gasteiger partial charge in [0.2, 0.25) is 0 Å². The van der Waals surface area contributed by atoms with E-state index in [1.807, 2.05) is 24.3 Å². The number of aromatic nitrogens is 3. The fourth-order valence-electron chi connectivity index (χ4n) is 1.06. The van der Waals surface area contributed by atoms with Gasteiger partial charge in [-0.05, 0) is 12.1 Å². The molecule has 0 fully saturated rings. The Morgan fingerprint density at radius 2 is 1.77 bits per heavy atom. The summed E-state index contributed by atoms with van der Waals surface area (Å²) in [7, 11) is 0. The second-order valence-electron chi connectivity index (χ2n) is 2.60. The summed E-state index contributed by atoms with van der Waals surface area (Å²) in [5.74, 6) is 0. The fourth-order valence-corrected chi connectivity index (χ4v) is 1.51. The van der Waals surface area contributed by atoms with Crippen LogP contribution in [0.5, 0.6) is 0 Å². The van der Waals surface area contributed by atoms with E-state index in [-0.39, 0.29) is 4.95 Å². The Bertz CT molecular complexity index is 379. The van der Waals surface area contributed by atoms with Crippen molar-refractivity contribution < 1.29 is 0 Å². The second-order valence-corrected chi connectivity index (χ2v) is 4.30. The van der Waals surface area contributed by atoms with Crippen LogP contribution in [-0.2, 0) is 0 Å². The van der Waals surface area contributed by atoms with Crippen molar-refractivity contribution in [2.45, 2.75) is 4.95 Å². The van der Waals surface area contributed by atoms with Crippen molar-refractivity contribution in [3.8, 4) is 0 Å². The summed E-state index contributed by atoms with van der Waals surface area (Å²) in [6.45, 7) is 0. The predicted octanol–water partition coefficient (Wildman–Crippen LogP) is 2.72. The van der Waals surface area contributed by atoms with Crippen LogP contribution in [-0.4, -0.2) is 20.3 Å². The van der Waals surface area contributed by atoms with Gasteiger partial charge in [0.1, 0.15) is 16.0 Å². The average molecular weight is 305 g/mol. The van der Waals surface area contributed by atoms with Gasteiger partial charge in [-0.3, -0.25) is 0 Å². The maximum atomic E-state index is 4.31. The monoisotopic (exact) mass is 303 g/mol. The Labute approximate surface area is 92.4 Å². The number of hydrogen-bond acceptors (Lipinski definition) is 2. The first kappa shape index (κ1) is 9.15. The van der Waals surface area contributed by atoms with Gasteiger partial charge in [0.15, 0.2) is 0 Å². The topological polar surface area (TPSA) is 30.7 Å².